The van der Waals surface area contributed by atoms with Crippen molar-refractivity contribution in [3.05, 3.63) is 29.8 Å². The molecule has 1 aromatic heterocycles. The average molecular weight is 547 g/mol. The molecule has 208 valence electrons. The normalized spacial score (nSPS) is 17.8. The summed E-state index contributed by atoms with van der Waals surface area (Å²) in [7, 11) is 0. The summed E-state index contributed by atoms with van der Waals surface area (Å²) in [4.78, 5) is 26.4. The number of anilines is 3. The van der Waals surface area contributed by atoms with E-state index in [1.807, 2.05) is 4.90 Å². The minimum absolute atomic E-state index is 0.0201. The number of nitrogens with one attached hydrogen (secondary N) is 2. The lowest BCUT2D eigenvalue weighted by atomic mass is 9.87. The summed E-state index contributed by atoms with van der Waals surface area (Å²) in [5.74, 6) is -0.152. The highest BCUT2D eigenvalue weighted by atomic mass is 19.4. The maximum absolute atomic E-state index is 13.1. The van der Waals surface area contributed by atoms with Crippen LogP contribution in [0, 0.1) is 5.92 Å². The Hall–Kier alpha value is -3.32. The number of likely N-dealkylation sites (tertiary alicyclic amines) is 1. The number of aromatic nitrogens is 3. The predicted molar refractivity (Wildman–Crippen MR) is 126 cm³/mol. The summed E-state index contributed by atoms with van der Waals surface area (Å²) in [5.41, 5.74) is -0.939. The lowest BCUT2D eigenvalue weighted by Crippen LogP contribution is -2.45. The van der Waals surface area contributed by atoms with Gasteiger partial charge in [0.2, 0.25) is 17.8 Å². The van der Waals surface area contributed by atoms with Crippen LogP contribution in [0.3, 0.4) is 0 Å². The van der Waals surface area contributed by atoms with E-state index in [0.29, 0.717) is 25.9 Å². The summed E-state index contributed by atoms with van der Waals surface area (Å²) < 4.78 is 81.9. The van der Waals surface area contributed by atoms with Crippen molar-refractivity contribution in [1.29, 1.82) is 0 Å². The highest BCUT2D eigenvalue weighted by molar-refractivity contribution is 5.79. The van der Waals surface area contributed by atoms with Gasteiger partial charge < -0.3 is 20.3 Å². The zero-order valence-corrected chi connectivity index (χ0v) is 20.4. The van der Waals surface area contributed by atoms with Crippen molar-refractivity contribution in [3.8, 4) is 6.01 Å². The summed E-state index contributed by atoms with van der Waals surface area (Å²) in [6.45, 7) is -0.614. The molecule has 0 unspecified atom stereocenters. The Bertz CT molecular complexity index is 1100. The second kappa shape index (κ2) is 11.6. The van der Waals surface area contributed by atoms with Gasteiger partial charge in [0.25, 0.3) is 0 Å². The maximum Gasteiger partial charge on any atom is 0.422 e. The van der Waals surface area contributed by atoms with Crippen molar-refractivity contribution in [2.45, 2.75) is 63.3 Å². The zero-order chi connectivity index (χ0) is 27.3. The molecule has 0 radical (unpaired) electrons. The molecule has 1 saturated heterocycles. The number of piperidine rings is 1. The van der Waals surface area contributed by atoms with E-state index in [-0.39, 0.29) is 35.5 Å². The average Bonchev–Trinajstić information content (AvgIpc) is 2.87. The first-order valence-corrected chi connectivity index (χ1v) is 12.4. The second-order valence-electron chi connectivity index (χ2n) is 9.45. The third-order valence-electron chi connectivity index (χ3n) is 6.52. The lowest BCUT2D eigenvalue weighted by molar-refractivity contribution is -0.154. The van der Waals surface area contributed by atoms with E-state index in [4.69, 9.17) is 0 Å². The standard InChI is InChI=1S/C24H28F6N6O2/c25-23(26,27)14-38-22-34-20(33-21(35-22)32-18-8-4-7-16(13-18)24(28,29)30)31-17-9-11-36(12-10-17)19(37)15-5-2-1-3-6-15/h4,7-8,13,15,17H,1-3,5-6,9-12,14H2,(H2,31,32,33,34,35). The van der Waals surface area contributed by atoms with Gasteiger partial charge in [-0.3, -0.25) is 4.79 Å². The van der Waals surface area contributed by atoms with Crippen molar-refractivity contribution in [2.75, 3.05) is 30.3 Å². The van der Waals surface area contributed by atoms with E-state index in [2.05, 4.69) is 30.3 Å². The molecule has 0 spiro atoms. The van der Waals surface area contributed by atoms with Crippen molar-refractivity contribution in [3.63, 3.8) is 0 Å². The van der Waals surface area contributed by atoms with E-state index in [1.54, 1.807) is 0 Å². The van der Waals surface area contributed by atoms with Crippen LogP contribution in [0.25, 0.3) is 0 Å². The molecule has 38 heavy (non-hydrogen) atoms. The molecule has 0 atom stereocenters. The molecule has 8 nitrogen and oxygen atoms in total. The first-order valence-electron chi connectivity index (χ1n) is 12.4. The number of rotatable bonds is 7. The van der Waals surface area contributed by atoms with Gasteiger partial charge in [-0.25, -0.2) is 0 Å². The molecule has 2 heterocycles. The number of alkyl halides is 6. The fourth-order valence-electron chi connectivity index (χ4n) is 4.62. The van der Waals surface area contributed by atoms with Gasteiger partial charge in [0.15, 0.2) is 6.61 Å². The second-order valence-corrected chi connectivity index (χ2v) is 9.45. The van der Waals surface area contributed by atoms with E-state index >= 15 is 0 Å². The van der Waals surface area contributed by atoms with Crippen LogP contribution in [0.1, 0.15) is 50.5 Å². The van der Waals surface area contributed by atoms with Gasteiger partial charge in [0.05, 0.1) is 5.56 Å². The van der Waals surface area contributed by atoms with Crippen LogP contribution in [0.15, 0.2) is 24.3 Å². The Kier molecular flexibility index (Phi) is 8.46. The largest absolute Gasteiger partial charge is 0.454 e. The monoisotopic (exact) mass is 546 g/mol. The first kappa shape index (κ1) is 27.7. The zero-order valence-electron chi connectivity index (χ0n) is 20.4. The first-order chi connectivity index (χ1) is 18.0. The molecule has 1 aromatic carbocycles. The molecule has 1 aliphatic heterocycles. The molecule has 1 aliphatic carbocycles. The van der Waals surface area contributed by atoms with E-state index < -0.39 is 30.5 Å². The molecular weight excluding hydrogens is 518 g/mol. The summed E-state index contributed by atoms with van der Waals surface area (Å²) in [6.07, 6.45) is -3.01. The fraction of sp³-hybridized carbons (Fsp3) is 0.583. The highest BCUT2D eigenvalue weighted by Crippen LogP contribution is 2.32. The predicted octanol–water partition coefficient (Wildman–Crippen LogP) is 5.56. The topological polar surface area (TPSA) is 92.3 Å². The van der Waals surface area contributed by atoms with Crippen molar-refractivity contribution in [2.24, 2.45) is 5.92 Å². The van der Waals surface area contributed by atoms with Crippen LogP contribution in [0.2, 0.25) is 0 Å². The van der Waals surface area contributed by atoms with Gasteiger partial charge in [0.1, 0.15) is 0 Å². The minimum Gasteiger partial charge on any atom is -0.454 e. The Morgan fingerprint density at radius 3 is 2.29 bits per heavy atom. The molecule has 2 aromatic rings. The number of benzene rings is 1. The van der Waals surface area contributed by atoms with E-state index in [9.17, 15) is 31.1 Å². The van der Waals surface area contributed by atoms with E-state index in [1.165, 1.54) is 12.1 Å². The van der Waals surface area contributed by atoms with Crippen LogP contribution >= 0.6 is 0 Å². The Balaban J connectivity index is 1.44. The van der Waals surface area contributed by atoms with Crippen molar-refractivity contribution >= 4 is 23.5 Å². The van der Waals surface area contributed by atoms with Gasteiger partial charge >= 0.3 is 18.4 Å². The quantitative estimate of drug-likeness (QED) is 0.440. The maximum atomic E-state index is 13.1. The summed E-state index contributed by atoms with van der Waals surface area (Å²) in [5, 5.41) is 5.61. The van der Waals surface area contributed by atoms with Crippen molar-refractivity contribution in [1.82, 2.24) is 19.9 Å². The molecule has 2 N–H and O–H groups in total. The SMILES string of the molecule is O=C(C1CCCCC1)N1CCC(Nc2nc(Nc3cccc(C(F)(F)F)c3)nc(OCC(F)(F)F)n2)CC1. The number of amides is 1. The van der Waals surface area contributed by atoms with Crippen LogP contribution in [-0.2, 0) is 11.0 Å². The molecule has 2 fully saturated rings. The van der Waals surface area contributed by atoms with Crippen LogP contribution < -0.4 is 15.4 Å². The Morgan fingerprint density at radius 1 is 0.947 bits per heavy atom. The number of halogens is 6. The fourth-order valence-corrected chi connectivity index (χ4v) is 4.62. The third-order valence-corrected chi connectivity index (χ3v) is 6.52. The number of hydrogen-bond acceptors (Lipinski definition) is 7. The van der Waals surface area contributed by atoms with Crippen molar-refractivity contribution < 1.29 is 35.9 Å². The highest BCUT2D eigenvalue weighted by Gasteiger charge is 2.32. The molecule has 0 bridgehead atoms. The number of carbonyl (C=O) groups is 1. The Morgan fingerprint density at radius 2 is 1.63 bits per heavy atom. The molecule has 1 saturated carbocycles. The number of carbonyl (C=O) groups excluding carboxylic acids is 1. The molecule has 4 rings (SSSR count). The number of hydrogen-bond donors (Lipinski definition) is 2. The molecule has 2 aliphatic rings. The third kappa shape index (κ3) is 7.84. The number of ether oxygens (including phenoxy) is 1. The molecule has 1 amide bonds. The van der Waals surface area contributed by atoms with Crippen LogP contribution in [0.4, 0.5) is 43.9 Å². The van der Waals surface area contributed by atoms with Gasteiger partial charge in [0, 0.05) is 30.7 Å². The van der Waals surface area contributed by atoms with Crippen LogP contribution in [0.5, 0.6) is 6.01 Å². The molecular formula is C24H28F6N6O2. The van der Waals surface area contributed by atoms with E-state index in [0.717, 1.165) is 44.2 Å². The number of nitrogens with zero attached hydrogens (tertiary/aromatic N) is 4. The summed E-state index contributed by atoms with van der Waals surface area (Å²) in [6, 6.07) is 3.40. The minimum atomic E-state index is -4.65. The van der Waals surface area contributed by atoms with Gasteiger partial charge in [-0.05, 0) is 43.9 Å². The van der Waals surface area contributed by atoms with Gasteiger partial charge in [-0.15, -0.1) is 0 Å². The van der Waals surface area contributed by atoms with Gasteiger partial charge in [-0.2, -0.15) is 41.3 Å². The molecule has 14 heteroatoms. The van der Waals surface area contributed by atoms with Crippen LogP contribution in [-0.4, -0.2) is 57.7 Å². The smallest absolute Gasteiger partial charge is 0.422 e. The summed E-state index contributed by atoms with van der Waals surface area (Å²) >= 11 is 0. The Labute approximate surface area is 215 Å². The van der Waals surface area contributed by atoms with Gasteiger partial charge in [-0.1, -0.05) is 25.3 Å². The lowest BCUT2D eigenvalue weighted by Gasteiger charge is -2.35.